The molecular weight excluding hydrogens is 138 g/mol. The van der Waals surface area contributed by atoms with Gasteiger partial charge in [-0.05, 0) is 19.4 Å². The van der Waals surface area contributed by atoms with Crippen molar-refractivity contribution in [2.24, 2.45) is 0 Å². The van der Waals surface area contributed by atoms with Gasteiger partial charge in [-0.1, -0.05) is 0 Å². The summed E-state index contributed by atoms with van der Waals surface area (Å²) in [5, 5.41) is 3.39. The Morgan fingerprint density at radius 3 is 3.00 bits per heavy atom. The van der Waals surface area contributed by atoms with Gasteiger partial charge in [0.25, 0.3) is 0 Å². The molecule has 0 aliphatic carbocycles. The first-order valence-electron chi connectivity index (χ1n) is 3.30. The molecule has 0 aromatic carbocycles. The quantitative estimate of drug-likeness (QED) is 0.544. The average molecular weight is 150 g/mol. The topological polar surface area (TPSA) is 21.3 Å². The van der Waals surface area contributed by atoms with Crippen LogP contribution in [-0.4, -0.2) is 25.3 Å². The Hall–Kier alpha value is 0.210. The van der Waals surface area contributed by atoms with Gasteiger partial charge in [-0.25, -0.2) is 0 Å². The highest BCUT2D eigenvalue weighted by atomic mass is 35.5. The predicted octanol–water partition coefficient (Wildman–Crippen LogP) is 0.559. The van der Waals surface area contributed by atoms with Gasteiger partial charge in [0, 0.05) is 6.04 Å². The fourth-order valence-corrected chi connectivity index (χ4v) is 1.50. The Balaban J connectivity index is 0.000000405. The number of nitrogens with one attached hydrogen (secondary N) is 1. The van der Waals surface area contributed by atoms with Crippen LogP contribution in [0.25, 0.3) is 0 Å². The van der Waals surface area contributed by atoms with E-state index in [1.807, 2.05) is 0 Å². The van der Waals surface area contributed by atoms with Crippen LogP contribution in [0.4, 0.5) is 0 Å². The van der Waals surface area contributed by atoms with Crippen LogP contribution in [0.2, 0.25) is 0 Å². The van der Waals surface area contributed by atoms with Crippen LogP contribution in [0, 0.1) is 0 Å². The van der Waals surface area contributed by atoms with E-state index in [9.17, 15) is 0 Å². The lowest BCUT2D eigenvalue weighted by Gasteiger charge is -2.16. The molecule has 0 radical (unpaired) electrons. The fourth-order valence-electron chi connectivity index (χ4n) is 1.50. The van der Waals surface area contributed by atoms with E-state index in [1.54, 1.807) is 0 Å². The van der Waals surface area contributed by atoms with E-state index >= 15 is 0 Å². The number of rotatable bonds is 0. The SMILES string of the molecule is C1C[C@H]2C[C@H](CO2)N1.Cl. The maximum atomic E-state index is 5.41. The molecule has 2 aliphatic heterocycles. The monoisotopic (exact) mass is 149 g/mol. The van der Waals surface area contributed by atoms with Crippen molar-refractivity contribution in [1.29, 1.82) is 0 Å². The number of piperidine rings is 1. The highest BCUT2D eigenvalue weighted by Gasteiger charge is 2.28. The summed E-state index contributed by atoms with van der Waals surface area (Å²) in [5.41, 5.74) is 0. The Kier molecular flexibility index (Phi) is 2.33. The molecule has 0 aromatic heterocycles. The molecule has 2 nitrogen and oxygen atoms in total. The molecule has 2 fully saturated rings. The van der Waals surface area contributed by atoms with E-state index in [0.29, 0.717) is 12.1 Å². The van der Waals surface area contributed by atoms with Crippen molar-refractivity contribution >= 4 is 12.4 Å². The van der Waals surface area contributed by atoms with E-state index in [-0.39, 0.29) is 12.4 Å². The van der Waals surface area contributed by atoms with Gasteiger partial charge in [0.05, 0.1) is 12.7 Å². The highest BCUT2D eigenvalue weighted by Crippen LogP contribution is 2.19. The van der Waals surface area contributed by atoms with Gasteiger partial charge < -0.3 is 10.1 Å². The van der Waals surface area contributed by atoms with E-state index < -0.39 is 0 Å². The van der Waals surface area contributed by atoms with Gasteiger partial charge in [-0.3, -0.25) is 0 Å². The zero-order valence-electron chi connectivity index (χ0n) is 5.30. The summed E-state index contributed by atoms with van der Waals surface area (Å²) in [6, 6.07) is 0.689. The minimum atomic E-state index is 0. The van der Waals surface area contributed by atoms with Crippen molar-refractivity contribution < 1.29 is 4.74 Å². The van der Waals surface area contributed by atoms with Crippen LogP contribution in [0.15, 0.2) is 0 Å². The third-order valence-electron chi connectivity index (χ3n) is 1.98. The summed E-state index contributed by atoms with van der Waals surface area (Å²) in [6.45, 7) is 2.11. The summed E-state index contributed by atoms with van der Waals surface area (Å²) in [7, 11) is 0. The van der Waals surface area contributed by atoms with Crippen molar-refractivity contribution in [1.82, 2.24) is 5.32 Å². The van der Waals surface area contributed by atoms with E-state index in [4.69, 9.17) is 4.74 Å². The molecule has 0 amide bonds. The average Bonchev–Trinajstić information content (AvgIpc) is 2.12. The first kappa shape index (κ1) is 7.32. The molecule has 0 aromatic rings. The number of hydrogen-bond acceptors (Lipinski definition) is 2. The Morgan fingerprint density at radius 1 is 1.44 bits per heavy atom. The van der Waals surface area contributed by atoms with Crippen molar-refractivity contribution in [3.05, 3.63) is 0 Å². The first-order valence-corrected chi connectivity index (χ1v) is 3.30. The number of hydrogen-bond donors (Lipinski definition) is 1. The minimum absolute atomic E-state index is 0. The summed E-state index contributed by atoms with van der Waals surface area (Å²) < 4.78 is 5.41. The number of ether oxygens (including phenoxy) is 1. The zero-order chi connectivity index (χ0) is 5.40. The third-order valence-corrected chi connectivity index (χ3v) is 1.98. The summed E-state index contributed by atoms with van der Waals surface area (Å²) >= 11 is 0. The van der Waals surface area contributed by atoms with Crippen molar-refractivity contribution in [3.8, 4) is 0 Å². The normalized spacial score (nSPS) is 40.0. The molecule has 2 saturated heterocycles. The predicted molar refractivity (Wildman–Crippen MR) is 38.0 cm³/mol. The van der Waals surface area contributed by atoms with Gasteiger partial charge in [0.2, 0.25) is 0 Å². The Labute approximate surface area is 61.4 Å². The molecule has 0 spiro atoms. The van der Waals surface area contributed by atoms with Crippen LogP contribution in [0.3, 0.4) is 0 Å². The molecule has 2 aliphatic rings. The molecule has 2 bridgehead atoms. The highest BCUT2D eigenvalue weighted by molar-refractivity contribution is 5.85. The van der Waals surface area contributed by atoms with Gasteiger partial charge in [-0.2, -0.15) is 0 Å². The maximum absolute atomic E-state index is 5.41. The van der Waals surface area contributed by atoms with E-state index in [0.717, 1.165) is 13.2 Å². The largest absolute Gasteiger partial charge is 0.376 e. The van der Waals surface area contributed by atoms with Crippen LogP contribution in [0.5, 0.6) is 0 Å². The van der Waals surface area contributed by atoms with E-state index in [1.165, 1.54) is 12.8 Å². The van der Waals surface area contributed by atoms with Crippen molar-refractivity contribution in [2.45, 2.75) is 25.0 Å². The second kappa shape index (κ2) is 2.86. The second-order valence-electron chi connectivity index (χ2n) is 2.63. The molecule has 0 unspecified atom stereocenters. The molecule has 3 heteroatoms. The van der Waals surface area contributed by atoms with Crippen LogP contribution >= 0.6 is 12.4 Å². The molecule has 2 heterocycles. The van der Waals surface area contributed by atoms with Gasteiger partial charge in [0.1, 0.15) is 0 Å². The molecule has 0 saturated carbocycles. The van der Waals surface area contributed by atoms with Crippen LogP contribution in [0.1, 0.15) is 12.8 Å². The summed E-state index contributed by atoms with van der Waals surface area (Å²) in [5.74, 6) is 0. The number of fused-ring (bicyclic) bond motifs is 2. The Bertz CT molecular complexity index is 85.1. The van der Waals surface area contributed by atoms with Crippen molar-refractivity contribution in [2.75, 3.05) is 13.2 Å². The standard InChI is InChI=1S/C6H11NO.ClH/c1-2-7-5-3-6(1)8-4-5;/h5-7H,1-4H2;1H/t5-,6+;/m1./s1. The van der Waals surface area contributed by atoms with Crippen molar-refractivity contribution in [3.63, 3.8) is 0 Å². The lowest BCUT2D eigenvalue weighted by Crippen LogP contribution is -2.34. The summed E-state index contributed by atoms with van der Waals surface area (Å²) in [6.07, 6.45) is 3.07. The van der Waals surface area contributed by atoms with E-state index in [2.05, 4.69) is 5.32 Å². The summed E-state index contributed by atoms with van der Waals surface area (Å²) in [4.78, 5) is 0. The zero-order valence-corrected chi connectivity index (χ0v) is 6.12. The number of halogens is 1. The molecule has 2 rings (SSSR count). The molecule has 1 N–H and O–H groups in total. The molecule has 2 atom stereocenters. The molecule has 9 heavy (non-hydrogen) atoms. The second-order valence-corrected chi connectivity index (χ2v) is 2.63. The Morgan fingerprint density at radius 2 is 2.33 bits per heavy atom. The maximum Gasteiger partial charge on any atom is 0.0624 e. The van der Waals surface area contributed by atoms with Crippen LogP contribution in [-0.2, 0) is 4.74 Å². The van der Waals surface area contributed by atoms with Gasteiger partial charge in [0.15, 0.2) is 0 Å². The minimum Gasteiger partial charge on any atom is -0.376 e. The van der Waals surface area contributed by atoms with Gasteiger partial charge in [-0.15, -0.1) is 12.4 Å². The molecular formula is C6H12ClNO. The van der Waals surface area contributed by atoms with Crippen LogP contribution < -0.4 is 5.32 Å². The lowest BCUT2D eigenvalue weighted by atomic mass is 10.1. The lowest BCUT2D eigenvalue weighted by molar-refractivity contribution is 0.110. The van der Waals surface area contributed by atoms with Gasteiger partial charge >= 0.3 is 0 Å². The third kappa shape index (κ3) is 1.37. The molecule has 54 valence electrons. The fraction of sp³-hybridized carbons (Fsp3) is 1.00. The smallest absolute Gasteiger partial charge is 0.0624 e. The first-order chi connectivity index (χ1) is 3.95.